The summed E-state index contributed by atoms with van der Waals surface area (Å²) in [6.45, 7) is 2.19. The number of nitrogens with zero attached hydrogens (tertiary/aromatic N) is 2. The Balaban J connectivity index is 0.000000231. The molecule has 3 aromatic rings. The number of fused-ring (bicyclic) bond motifs is 1. The average molecular weight is 560 g/mol. The summed E-state index contributed by atoms with van der Waals surface area (Å²) in [5.74, 6) is 0.695. The molecular formula is C28H33F2N4O6+. The molecule has 0 saturated heterocycles. The summed E-state index contributed by atoms with van der Waals surface area (Å²) >= 11 is 0. The molecule has 12 heteroatoms. The largest absolute Gasteiger partial charge is 0.505 e. The van der Waals surface area contributed by atoms with Gasteiger partial charge in [-0.05, 0) is 55.7 Å². The molecule has 40 heavy (non-hydrogen) atoms. The minimum absolute atomic E-state index is 0.201. The van der Waals surface area contributed by atoms with Gasteiger partial charge in [-0.25, -0.2) is 9.37 Å². The number of aryl methyl sites for hydroxylation is 1. The number of rotatable bonds is 8. The number of quaternary nitrogens is 1. The summed E-state index contributed by atoms with van der Waals surface area (Å²) in [5, 5.41) is 12.1. The van der Waals surface area contributed by atoms with Crippen LogP contribution < -0.4 is 30.0 Å². The first-order chi connectivity index (χ1) is 19.1. The van der Waals surface area contributed by atoms with Gasteiger partial charge in [0.25, 0.3) is 6.73 Å². The van der Waals surface area contributed by atoms with E-state index in [9.17, 15) is 18.8 Å². The molecule has 2 heterocycles. The maximum absolute atomic E-state index is 14.6. The SMILES string of the molecule is COc1cc(C)ccc1OC1CC1.C[N+]1(F)COc2c1cc(CCNC=O)nc2-c1ccc(F)c(O)c1.NC=O. The molecule has 0 bridgehead atoms. The Labute approximate surface area is 230 Å². The van der Waals surface area contributed by atoms with Crippen molar-refractivity contribution in [2.45, 2.75) is 32.3 Å². The first-order valence-corrected chi connectivity index (χ1v) is 12.5. The smallest absolute Gasteiger partial charge is 0.263 e. The lowest BCUT2D eigenvalue weighted by Gasteiger charge is -2.13. The highest BCUT2D eigenvalue weighted by Crippen LogP contribution is 2.45. The predicted octanol–water partition coefficient (Wildman–Crippen LogP) is 3.70. The minimum atomic E-state index is -0.966. The second-order valence-electron chi connectivity index (χ2n) is 9.25. The Morgan fingerprint density at radius 3 is 2.55 bits per heavy atom. The van der Waals surface area contributed by atoms with Crippen molar-refractivity contribution in [3.8, 4) is 34.3 Å². The number of ether oxygens (including phenoxy) is 3. The van der Waals surface area contributed by atoms with Crippen LogP contribution in [0.1, 0.15) is 24.1 Å². The lowest BCUT2D eigenvalue weighted by molar-refractivity contribution is -0.109. The van der Waals surface area contributed by atoms with Gasteiger partial charge in [-0.1, -0.05) is 10.8 Å². The number of phenols is 1. The third kappa shape index (κ3) is 7.79. The highest BCUT2D eigenvalue weighted by atomic mass is 19.2. The minimum Gasteiger partial charge on any atom is -0.505 e. The van der Waals surface area contributed by atoms with E-state index in [0.29, 0.717) is 48.1 Å². The summed E-state index contributed by atoms with van der Waals surface area (Å²) in [7, 11) is 3.03. The number of nitrogens with one attached hydrogen (secondary N) is 1. The summed E-state index contributed by atoms with van der Waals surface area (Å²) in [6.07, 6.45) is 4.00. The normalized spacial score (nSPS) is 16.6. The molecule has 214 valence electrons. The summed E-state index contributed by atoms with van der Waals surface area (Å²) in [4.78, 5) is 23.4. The molecule has 5 rings (SSSR count). The second kappa shape index (κ2) is 13.6. The maximum Gasteiger partial charge on any atom is 0.263 e. The van der Waals surface area contributed by atoms with E-state index in [-0.39, 0.29) is 18.9 Å². The molecular weight excluding hydrogens is 526 g/mol. The number of aromatic nitrogens is 1. The molecule has 1 aromatic heterocycles. The molecule has 2 aromatic carbocycles. The van der Waals surface area contributed by atoms with Crippen LogP contribution in [0.4, 0.5) is 14.6 Å². The van der Waals surface area contributed by atoms with E-state index in [1.807, 2.05) is 25.1 Å². The van der Waals surface area contributed by atoms with Gasteiger partial charge in [0.15, 0.2) is 23.1 Å². The average Bonchev–Trinajstić information content (AvgIpc) is 3.69. The van der Waals surface area contributed by atoms with Gasteiger partial charge in [0.2, 0.25) is 24.3 Å². The number of hydrogen-bond donors (Lipinski definition) is 3. The quantitative estimate of drug-likeness (QED) is 0.218. The third-order valence-electron chi connectivity index (χ3n) is 5.93. The third-order valence-corrected chi connectivity index (χ3v) is 5.93. The van der Waals surface area contributed by atoms with Crippen molar-refractivity contribution in [1.82, 2.24) is 15.0 Å². The van der Waals surface area contributed by atoms with Crippen molar-refractivity contribution in [1.29, 1.82) is 0 Å². The van der Waals surface area contributed by atoms with Crippen LogP contribution in [0.2, 0.25) is 0 Å². The zero-order valence-corrected chi connectivity index (χ0v) is 22.5. The number of aromatic hydroxyl groups is 1. The molecule has 1 atom stereocenters. The molecule has 1 unspecified atom stereocenters. The summed E-state index contributed by atoms with van der Waals surface area (Å²) in [5.41, 5.74) is 6.94. The Hall–Kier alpha value is -4.45. The fraction of sp³-hybridized carbons (Fsp3) is 0.321. The summed E-state index contributed by atoms with van der Waals surface area (Å²) in [6, 6.07) is 11.4. The number of amides is 2. The van der Waals surface area contributed by atoms with Crippen LogP contribution in [0.3, 0.4) is 0 Å². The Morgan fingerprint density at radius 1 is 1.20 bits per heavy atom. The Morgan fingerprint density at radius 2 is 1.93 bits per heavy atom. The molecule has 4 N–H and O–H groups in total. The predicted molar refractivity (Wildman–Crippen MR) is 145 cm³/mol. The lowest BCUT2D eigenvalue weighted by atomic mass is 10.1. The van der Waals surface area contributed by atoms with Crippen molar-refractivity contribution in [2.24, 2.45) is 5.73 Å². The number of benzene rings is 2. The molecule has 0 radical (unpaired) electrons. The molecule has 1 aliphatic heterocycles. The van der Waals surface area contributed by atoms with E-state index in [1.165, 1.54) is 37.6 Å². The van der Waals surface area contributed by atoms with Gasteiger partial charge in [0, 0.05) is 34.8 Å². The molecule has 1 fully saturated rings. The van der Waals surface area contributed by atoms with Crippen LogP contribution in [0, 0.1) is 12.7 Å². The van der Waals surface area contributed by atoms with E-state index in [1.54, 1.807) is 13.2 Å². The van der Waals surface area contributed by atoms with Gasteiger partial charge >= 0.3 is 0 Å². The van der Waals surface area contributed by atoms with Crippen molar-refractivity contribution in [2.75, 3.05) is 27.4 Å². The lowest BCUT2D eigenvalue weighted by Crippen LogP contribution is -2.34. The van der Waals surface area contributed by atoms with Gasteiger partial charge in [0.05, 0.1) is 13.2 Å². The number of phenolic OH excluding ortho intramolecular Hbond substituents is 1. The van der Waals surface area contributed by atoms with E-state index in [4.69, 9.17) is 19.0 Å². The van der Waals surface area contributed by atoms with Crippen LogP contribution in [0.25, 0.3) is 11.3 Å². The molecule has 10 nitrogen and oxygen atoms in total. The number of nitrogens with two attached hydrogens (primary N) is 1. The van der Waals surface area contributed by atoms with Crippen molar-refractivity contribution in [3.63, 3.8) is 0 Å². The molecule has 1 saturated carbocycles. The van der Waals surface area contributed by atoms with Gasteiger partial charge in [-0.3, -0.25) is 9.59 Å². The van der Waals surface area contributed by atoms with Crippen molar-refractivity contribution in [3.05, 3.63) is 59.5 Å². The zero-order valence-electron chi connectivity index (χ0n) is 22.5. The zero-order chi connectivity index (χ0) is 29.3. The molecule has 2 aliphatic rings. The number of pyridine rings is 1. The van der Waals surface area contributed by atoms with Crippen LogP contribution in [0.15, 0.2) is 42.5 Å². The van der Waals surface area contributed by atoms with Gasteiger partial charge in [0.1, 0.15) is 12.7 Å². The molecule has 0 spiro atoms. The molecule has 1 aliphatic carbocycles. The Kier molecular flexibility index (Phi) is 10.2. The van der Waals surface area contributed by atoms with Gasteiger partial charge < -0.3 is 30.4 Å². The van der Waals surface area contributed by atoms with Gasteiger partial charge in [-0.15, -0.1) is 0 Å². The van der Waals surface area contributed by atoms with Gasteiger partial charge in [-0.2, -0.15) is 0 Å². The van der Waals surface area contributed by atoms with E-state index in [2.05, 4.69) is 16.0 Å². The maximum atomic E-state index is 14.6. The number of methoxy groups -OCH3 is 1. The standard InChI is InChI=1S/C16H15F2N3O3.C11H14O2.CH3NO/c1-21(18)9-24-16-13(21)7-11(4-5-19-8-22)20-15(16)10-2-3-12(17)14(23)6-10;1-8-3-6-10(11(7-8)12-2)13-9-4-5-9;2-1-3/h2-3,6-8H,4-5,9H2,1H3,(H-,19,22,23);3,6-7,9H,4-5H2,1-2H3;1H,(H2,2,3)/p+1. The number of primary amides is 1. The van der Waals surface area contributed by atoms with Crippen LogP contribution in [0.5, 0.6) is 23.0 Å². The number of hydrogen-bond acceptors (Lipinski definition) is 7. The van der Waals surface area contributed by atoms with E-state index >= 15 is 0 Å². The number of halogens is 2. The topological polar surface area (TPSA) is 133 Å². The monoisotopic (exact) mass is 559 g/mol. The second-order valence-corrected chi connectivity index (χ2v) is 9.25. The highest BCUT2D eigenvalue weighted by Gasteiger charge is 2.41. The fourth-order valence-corrected chi connectivity index (χ4v) is 3.80. The Bertz CT molecular complexity index is 1330. The van der Waals surface area contributed by atoms with E-state index in [0.717, 1.165) is 17.6 Å². The number of carbonyl (C=O) groups is 2. The first kappa shape index (κ1) is 30.1. The fourth-order valence-electron chi connectivity index (χ4n) is 3.80. The van der Waals surface area contributed by atoms with Crippen LogP contribution in [-0.2, 0) is 16.0 Å². The number of carbonyl (C=O) groups excluding carboxylic acids is 2. The van der Waals surface area contributed by atoms with Crippen molar-refractivity contribution < 1.29 is 37.8 Å². The molecule has 2 amide bonds. The van der Waals surface area contributed by atoms with E-state index < -0.39 is 16.3 Å². The summed E-state index contributed by atoms with van der Waals surface area (Å²) < 4.78 is 43.3. The van der Waals surface area contributed by atoms with Crippen LogP contribution in [-0.4, -0.2) is 56.4 Å². The van der Waals surface area contributed by atoms with Crippen molar-refractivity contribution >= 4 is 18.5 Å². The first-order valence-electron chi connectivity index (χ1n) is 12.5. The highest BCUT2D eigenvalue weighted by molar-refractivity contribution is 5.76. The van der Waals surface area contributed by atoms with Crippen LogP contribution >= 0.6 is 0 Å².